The number of aromatic nitrogens is 2. The highest BCUT2D eigenvalue weighted by molar-refractivity contribution is 6.31. The normalized spacial score (nSPS) is 19.8. The standard InChI is InChI=1S/C39H58N8O4.C7H4ClNO/c1-4-6-12-32(14-13-29(5-2)27-37(49)44(3)34-16-18-36(48)41-39(34)51)46-25-23-45(24-26-46)28-30-19-21-47(22-20-30)35-17-15-33(42-43-35)38(50)40-31-10-8-7-9-11-31;8-7-3-6(10)2-1-5(7)4-9/h5,12-15,17,30-31,34H,4,6-11,16,18-28H2,1-3H3,(H,40,50)(H,41,48,51);1-3,10H/b14-13-,29-5+,32-12-;. The van der Waals surface area contributed by atoms with Crippen LogP contribution in [0.25, 0.3) is 0 Å². The molecule has 4 heterocycles. The van der Waals surface area contributed by atoms with Crippen molar-refractivity contribution in [3.05, 3.63) is 82.2 Å². The van der Waals surface area contributed by atoms with Crippen LogP contribution in [0.3, 0.4) is 0 Å². The van der Waals surface area contributed by atoms with Crippen LogP contribution in [0.15, 0.2) is 65.9 Å². The van der Waals surface area contributed by atoms with Gasteiger partial charge in [0, 0.05) is 71.0 Å². The highest BCUT2D eigenvalue weighted by atomic mass is 35.5. The number of carbonyl (C=O) groups is 4. The third-order valence-electron chi connectivity index (χ3n) is 12.0. The maximum atomic E-state index is 13.1. The third-order valence-corrected chi connectivity index (χ3v) is 12.3. The lowest BCUT2D eigenvalue weighted by atomic mass is 9.95. The lowest BCUT2D eigenvalue weighted by Crippen LogP contribution is -2.52. The Bertz CT molecular complexity index is 1940. The van der Waals surface area contributed by atoms with Crippen molar-refractivity contribution >= 4 is 41.0 Å². The van der Waals surface area contributed by atoms with Crippen molar-refractivity contribution in [1.82, 2.24) is 35.5 Å². The Morgan fingerprint density at radius 3 is 2.36 bits per heavy atom. The van der Waals surface area contributed by atoms with E-state index in [-0.39, 0.29) is 47.4 Å². The summed E-state index contributed by atoms with van der Waals surface area (Å²) in [6.07, 6.45) is 19.2. The molecule has 0 spiro atoms. The Labute approximate surface area is 365 Å². The Hall–Kier alpha value is -5.26. The number of carbonyl (C=O) groups excluding carboxylic acids is 4. The number of halogens is 1. The predicted octanol–water partition coefficient (Wildman–Crippen LogP) is 6.13. The molecular formula is C46H62ClN9O5. The quantitative estimate of drug-likeness (QED) is 0.156. The highest BCUT2D eigenvalue weighted by Crippen LogP contribution is 2.25. The topological polar surface area (TPSA) is 175 Å². The summed E-state index contributed by atoms with van der Waals surface area (Å²) in [5, 5.41) is 31.7. The first-order valence-electron chi connectivity index (χ1n) is 21.9. The molecule has 15 heteroatoms. The maximum absolute atomic E-state index is 13.1. The number of phenolic OH excluding ortho intramolecular Hbond substituents is 1. The first-order valence-corrected chi connectivity index (χ1v) is 22.2. The SMILES string of the molecule is C\C=C(/C=C\C(=C\CCC)N1CCN(CC2CCN(c3ccc(C(=O)NC4CCCCC4)nn3)CC2)CC1)CC(=O)N(C)C1CCC(=O)NC1=O.N#Cc1ccc(O)cc1Cl. The molecule has 0 radical (unpaired) electrons. The summed E-state index contributed by atoms with van der Waals surface area (Å²) in [6.45, 7) is 11.0. The van der Waals surface area contributed by atoms with Crippen LogP contribution < -0.4 is 15.5 Å². The molecule has 3 aliphatic heterocycles. The van der Waals surface area contributed by atoms with E-state index in [1.54, 1.807) is 7.05 Å². The summed E-state index contributed by atoms with van der Waals surface area (Å²) < 4.78 is 0. The van der Waals surface area contributed by atoms with E-state index in [0.29, 0.717) is 23.6 Å². The fourth-order valence-electron chi connectivity index (χ4n) is 8.18. The molecular weight excluding hydrogens is 794 g/mol. The zero-order valence-corrected chi connectivity index (χ0v) is 36.7. The van der Waals surface area contributed by atoms with Gasteiger partial charge in [-0.15, -0.1) is 10.2 Å². The zero-order chi connectivity index (χ0) is 43.7. The van der Waals surface area contributed by atoms with Gasteiger partial charge in [0.15, 0.2) is 11.5 Å². The van der Waals surface area contributed by atoms with Crippen LogP contribution in [0.1, 0.15) is 107 Å². The number of nitrogens with zero attached hydrogens (tertiary/aromatic N) is 7. The minimum Gasteiger partial charge on any atom is -0.508 e. The number of phenols is 1. The van der Waals surface area contributed by atoms with Crippen molar-refractivity contribution < 1.29 is 24.3 Å². The number of imide groups is 1. The number of benzene rings is 1. The fraction of sp³-hybridized carbons (Fsp3) is 0.543. The van der Waals surface area contributed by atoms with Crippen molar-refractivity contribution in [2.45, 2.75) is 103 Å². The number of piperazine rings is 1. The summed E-state index contributed by atoms with van der Waals surface area (Å²) in [4.78, 5) is 58.4. The Kier molecular flexibility index (Phi) is 18.2. The minimum absolute atomic E-state index is 0.0731. The first-order chi connectivity index (χ1) is 29.5. The Morgan fingerprint density at radius 1 is 1.00 bits per heavy atom. The van der Waals surface area contributed by atoms with E-state index < -0.39 is 11.9 Å². The average Bonchev–Trinajstić information content (AvgIpc) is 3.27. The predicted molar refractivity (Wildman–Crippen MR) is 237 cm³/mol. The third kappa shape index (κ3) is 14.1. The molecule has 1 aromatic heterocycles. The smallest absolute Gasteiger partial charge is 0.272 e. The molecule has 2 aromatic rings. The van der Waals surface area contributed by atoms with Crippen molar-refractivity contribution in [3.63, 3.8) is 0 Å². The van der Waals surface area contributed by atoms with Crippen molar-refractivity contribution in [2.24, 2.45) is 5.92 Å². The van der Waals surface area contributed by atoms with E-state index in [2.05, 4.69) is 54.6 Å². The second-order valence-corrected chi connectivity index (χ2v) is 16.7. The van der Waals surface area contributed by atoms with E-state index in [0.717, 1.165) is 95.7 Å². The number of unbranched alkanes of at least 4 members (excludes halogenated alkanes) is 1. The van der Waals surface area contributed by atoms with E-state index in [4.69, 9.17) is 22.0 Å². The monoisotopic (exact) mass is 855 g/mol. The van der Waals surface area contributed by atoms with Gasteiger partial charge < -0.3 is 25.1 Å². The average molecular weight is 857 g/mol. The molecule has 6 rings (SSSR count). The van der Waals surface area contributed by atoms with Crippen LogP contribution in [-0.4, -0.2) is 119 Å². The van der Waals surface area contributed by atoms with Crippen molar-refractivity contribution in [3.8, 4) is 11.8 Å². The summed E-state index contributed by atoms with van der Waals surface area (Å²) >= 11 is 5.55. The van der Waals surface area contributed by atoms with Gasteiger partial charge in [0.25, 0.3) is 5.91 Å². The molecule has 14 nitrogen and oxygen atoms in total. The molecule has 1 unspecified atom stereocenters. The molecule has 4 fully saturated rings. The lowest BCUT2D eigenvalue weighted by molar-refractivity contribution is -0.144. The number of anilines is 1. The fourth-order valence-corrected chi connectivity index (χ4v) is 8.40. The zero-order valence-electron chi connectivity index (χ0n) is 36.0. The number of likely N-dealkylation sites (N-methyl/N-ethyl adjacent to an activating group) is 1. The molecule has 4 amide bonds. The summed E-state index contributed by atoms with van der Waals surface area (Å²) in [5.41, 5.74) is 2.86. The van der Waals surface area contributed by atoms with E-state index in [1.807, 2.05) is 37.3 Å². The minimum atomic E-state index is -0.612. The van der Waals surface area contributed by atoms with E-state index in [9.17, 15) is 19.2 Å². The second kappa shape index (κ2) is 23.7. The number of rotatable bonds is 13. The summed E-state index contributed by atoms with van der Waals surface area (Å²) in [6, 6.07) is 9.50. The van der Waals surface area contributed by atoms with Gasteiger partial charge >= 0.3 is 0 Å². The number of hydrogen-bond acceptors (Lipinski definition) is 11. The van der Waals surface area contributed by atoms with Crippen LogP contribution in [0.2, 0.25) is 5.02 Å². The maximum Gasteiger partial charge on any atom is 0.272 e. The molecule has 1 saturated carbocycles. The molecule has 4 aliphatic rings. The van der Waals surface area contributed by atoms with Crippen LogP contribution >= 0.6 is 11.6 Å². The Morgan fingerprint density at radius 2 is 1.74 bits per heavy atom. The number of piperidine rings is 2. The highest BCUT2D eigenvalue weighted by Gasteiger charge is 2.32. The number of aromatic hydroxyl groups is 1. The van der Waals surface area contributed by atoms with Crippen molar-refractivity contribution in [2.75, 3.05) is 57.8 Å². The van der Waals surface area contributed by atoms with Gasteiger partial charge in [0.05, 0.1) is 17.0 Å². The van der Waals surface area contributed by atoms with Gasteiger partial charge in [-0.3, -0.25) is 29.4 Å². The molecule has 1 aliphatic carbocycles. The molecule has 61 heavy (non-hydrogen) atoms. The molecule has 1 atom stereocenters. The van der Waals surface area contributed by atoms with Gasteiger partial charge in [0.1, 0.15) is 17.9 Å². The van der Waals surface area contributed by atoms with Crippen LogP contribution in [0.5, 0.6) is 5.75 Å². The summed E-state index contributed by atoms with van der Waals surface area (Å²) in [5.74, 6) is 0.627. The van der Waals surface area contributed by atoms with Crippen LogP contribution in [0, 0.1) is 17.2 Å². The Balaban J connectivity index is 0.000000617. The largest absolute Gasteiger partial charge is 0.508 e. The number of amides is 4. The lowest BCUT2D eigenvalue weighted by Gasteiger charge is -2.40. The molecule has 1 aromatic carbocycles. The van der Waals surface area contributed by atoms with Gasteiger partial charge in [-0.1, -0.05) is 62.4 Å². The van der Waals surface area contributed by atoms with Gasteiger partial charge in [-0.2, -0.15) is 5.26 Å². The molecule has 3 N–H and O–H groups in total. The number of nitrogens with one attached hydrogen (secondary N) is 2. The summed E-state index contributed by atoms with van der Waals surface area (Å²) in [7, 11) is 1.64. The number of allylic oxidation sites excluding steroid dienone is 4. The van der Waals surface area contributed by atoms with Crippen LogP contribution in [-0.2, 0) is 14.4 Å². The molecule has 328 valence electrons. The molecule has 3 saturated heterocycles. The molecule has 0 bridgehead atoms. The van der Waals surface area contributed by atoms with Gasteiger partial charge in [-0.25, -0.2) is 0 Å². The van der Waals surface area contributed by atoms with Crippen molar-refractivity contribution in [1.29, 1.82) is 5.26 Å². The second-order valence-electron chi connectivity index (χ2n) is 16.3. The number of hydrogen-bond donors (Lipinski definition) is 3. The number of nitriles is 1. The van der Waals surface area contributed by atoms with Crippen LogP contribution in [0.4, 0.5) is 5.82 Å². The van der Waals surface area contributed by atoms with E-state index >= 15 is 0 Å². The van der Waals surface area contributed by atoms with Gasteiger partial charge in [-0.05, 0) is 93.3 Å². The van der Waals surface area contributed by atoms with Gasteiger partial charge in [0.2, 0.25) is 17.7 Å². The van der Waals surface area contributed by atoms with E-state index in [1.165, 1.54) is 48.1 Å². The first kappa shape index (κ1) is 46.8.